The van der Waals surface area contributed by atoms with Crippen LogP contribution in [0.15, 0.2) is 17.5 Å². The van der Waals surface area contributed by atoms with Crippen LogP contribution in [0.1, 0.15) is 16.1 Å². The number of rotatable bonds is 3. The lowest BCUT2D eigenvalue weighted by Gasteiger charge is -2.31. The Hall–Kier alpha value is -1.09. The van der Waals surface area contributed by atoms with E-state index in [1.165, 1.54) is 11.4 Å². The molecule has 0 aliphatic carbocycles. The Bertz CT molecular complexity index is 405. The van der Waals surface area contributed by atoms with Crippen LogP contribution in [0.25, 0.3) is 0 Å². The van der Waals surface area contributed by atoms with Gasteiger partial charge in [0.1, 0.15) is 0 Å². The third kappa shape index (κ3) is 2.66. The minimum absolute atomic E-state index is 0.276. The van der Waals surface area contributed by atoms with E-state index in [2.05, 4.69) is 0 Å². The molecule has 1 heterocycles. The number of ketones is 1. The highest BCUT2D eigenvalue weighted by atomic mass is 32.1. The maximum Gasteiger partial charge on any atom is 0.426 e. The van der Waals surface area contributed by atoms with Crippen molar-refractivity contribution in [2.24, 2.45) is 0 Å². The summed E-state index contributed by atoms with van der Waals surface area (Å²) in [5, 5.41) is 10.1. The van der Waals surface area contributed by atoms with Gasteiger partial charge in [0.25, 0.3) is 5.60 Å². The zero-order chi connectivity index (χ0) is 14.2. The number of hydrogen-bond donors (Lipinski definition) is 1. The van der Waals surface area contributed by atoms with Crippen LogP contribution in [0.2, 0.25) is 0 Å². The highest BCUT2D eigenvalue weighted by Gasteiger charge is 2.70. The number of carbonyl (C=O) groups is 1. The quantitative estimate of drug-likeness (QED) is 0.686. The molecule has 18 heavy (non-hydrogen) atoms. The SMILES string of the molecule is O=C(CC(O)(C(F)(F)F)C(F)(F)F)c1cccs1. The average molecular weight is 292 g/mol. The molecule has 102 valence electrons. The largest absolute Gasteiger partial charge is 0.426 e. The summed E-state index contributed by atoms with van der Waals surface area (Å²) < 4.78 is 73.7. The maximum absolute atomic E-state index is 12.3. The Labute approximate surface area is 101 Å². The molecule has 0 fully saturated rings. The molecule has 0 aromatic carbocycles. The molecule has 0 aliphatic heterocycles. The molecule has 1 aromatic rings. The Balaban J connectivity index is 3.05. The van der Waals surface area contributed by atoms with Crippen LogP contribution in [0.4, 0.5) is 26.3 Å². The summed E-state index contributed by atoms with van der Waals surface area (Å²) in [6.45, 7) is 0. The number of carbonyl (C=O) groups excluding carboxylic acids is 1. The van der Waals surface area contributed by atoms with E-state index in [-0.39, 0.29) is 4.88 Å². The molecule has 0 spiro atoms. The molecule has 2 nitrogen and oxygen atoms in total. The molecule has 0 amide bonds. The van der Waals surface area contributed by atoms with Crippen LogP contribution in [0.3, 0.4) is 0 Å². The van der Waals surface area contributed by atoms with Crippen molar-refractivity contribution in [3.63, 3.8) is 0 Å². The lowest BCUT2D eigenvalue weighted by Crippen LogP contribution is -2.57. The van der Waals surface area contributed by atoms with Crippen molar-refractivity contribution in [3.8, 4) is 0 Å². The van der Waals surface area contributed by atoms with Crippen LogP contribution < -0.4 is 0 Å². The molecule has 1 aromatic heterocycles. The van der Waals surface area contributed by atoms with Crippen LogP contribution in [0, 0.1) is 0 Å². The Kier molecular flexibility index (Phi) is 3.78. The molecule has 0 unspecified atom stereocenters. The van der Waals surface area contributed by atoms with Crippen LogP contribution >= 0.6 is 11.3 Å². The van der Waals surface area contributed by atoms with E-state index in [4.69, 9.17) is 5.11 Å². The Morgan fingerprint density at radius 3 is 2.00 bits per heavy atom. The number of hydrogen-bond acceptors (Lipinski definition) is 3. The van der Waals surface area contributed by atoms with Crippen molar-refractivity contribution in [1.29, 1.82) is 0 Å². The van der Waals surface area contributed by atoms with Crippen molar-refractivity contribution in [1.82, 2.24) is 0 Å². The fourth-order valence-corrected chi connectivity index (χ4v) is 1.78. The van der Waals surface area contributed by atoms with Crippen molar-refractivity contribution in [3.05, 3.63) is 22.4 Å². The molecular weight excluding hydrogens is 286 g/mol. The van der Waals surface area contributed by atoms with Crippen molar-refractivity contribution < 1.29 is 36.2 Å². The van der Waals surface area contributed by atoms with Crippen molar-refractivity contribution in [2.75, 3.05) is 0 Å². The molecule has 0 aliphatic rings. The second kappa shape index (κ2) is 4.54. The van der Waals surface area contributed by atoms with Crippen molar-refractivity contribution >= 4 is 17.1 Å². The summed E-state index contributed by atoms with van der Waals surface area (Å²) in [4.78, 5) is 11.0. The highest BCUT2D eigenvalue weighted by molar-refractivity contribution is 7.12. The van der Waals surface area contributed by atoms with Gasteiger partial charge in [-0.05, 0) is 11.4 Å². The minimum Gasteiger partial charge on any atom is -0.373 e. The fraction of sp³-hybridized carbons (Fsp3) is 0.444. The van der Waals surface area contributed by atoms with Gasteiger partial charge in [0.2, 0.25) is 0 Å². The molecule has 0 saturated heterocycles. The smallest absolute Gasteiger partial charge is 0.373 e. The van der Waals surface area contributed by atoms with Crippen LogP contribution in [-0.2, 0) is 0 Å². The van der Waals surface area contributed by atoms with Gasteiger partial charge >= 0.3 is 12.4 Å². The van der Waals surface area contributed by atoms with Crippen LogP contribution in [-0.4, -0.2) is 28.8 Å². The Morgan fingerprint density at radius 2 is 1.67 bits per heavy atom. The van der Waals surface area contributed by atoms with Gasteiger partial charge < -0.3 is 5.11 Å². The first kappa shape index (κ1) is 15.0. The highest BCUT2D eigenvalue weighted by Crippen LogP contribution is 2.45. The lowest BCUT2D eigenvalue weighted by molar-refractivity contribution is -0.365. The lowest BCUT2D eigenvalue weighted by atomic mass is 9.95. The first-order chi connectivity index (χ1) is 7.99. The first-order valence-corrected chi connectivity index (χ1v) is 5.29. The summed E-state index contributed by atoms with van der Waals surface area (Å²) in [6, 6.07) is 2.39. The van der Waals surface area contributed by atoms with Gasteiger partial charge in [0, 0.05) is 0 Å². The van der Waals surface area contributed by atoms with Gasteiger partial charge in [-0.2, -0.15) is 26.3 Å². The molecule has 0 radical (unpaired) electrons. The number of Topliss-reactive ketones (excluding diaryl/α,β-unsaturated/α-hetero) is 1. The van der Waals surface area contributed by atoms with Gasteiger partial charge in [-0.3, -0.25) is 4.79 Å². The predicted molar refractivity (Wildman–Crippen MR) is 50.3 cm³/mol. The average Bonchev–Trinajstić information content (AvgIpc) is 2.66. The fourth-order valence-electron chi connectivity index (χ4n) is 1.12. The second-order valence-electron chi connectivity index (χ2n) is 3.43. The third-order valence-corrected chi connectivity index (χ3v) is 3.06. The van der Waals surface area contributed by atoms with Gasteiger partial charge in [-0.1, -0.05) is 6.07 Å². The number of aliphatic hydroxyl groups is 1. The van der Waals surface area contributed by atoms with Gasteiger partial charge in [0.15, 0.2) is 5.78 Å². The first-order valence-electron chi connectivity index (χ1n) is 4.41. The predicted octanol–water partition coefficient (Wildman–Crippen LogP) is 3.18. The topological polar surface area (TPSA) is 37.3 Å². The molecule has 9 heteroatoms. The summed E-state index contributed by atoms with van der Waals surface area (Å²) in [5.41, 5.74) is -5.03. The molecule has 1 rings (SSSR count). The van der Waals surface area contributed by atoms with E-state index in [1.807, 2.05) is 0 Å². The normalized spacial score (nSPS) is 13.7. The third-order valence-electron chi connectivity index (χ3n) is 2.15. The zero-order valence-corrected chi connectivity index (χ0v) is 9.29. The minimum atomic E-state index is -5.97. The summed E-state index contributed by atoms with van der Waals surface area (Å²) in [7, 11) is 0. The molecule has 1 N–H and O–H groups in total. The van der Waals surface area contributed by atoms with E-state index in [1.54, 1.807) is 0 Å². The van der Waals surface area contributed by atoms with Crippen molar-refractivity contribution in [2.45, 2.75) is 24.4 Å². The van der Waals surface area contributed by atoms with Gasteiger partial charge in [-0.15, -0.1) is 11.3 Å². The summed E-state index contributed by atoms with van der Waals surface area (Å²) in [6.07, 6.45) is -14.0. The van der Waals surface area contributed by atoms with Crippen LogP contribution in [0.5, 0.6) is 0 Å². The monoisotopic (exact) mass is 292 g/mol. The number of thiophene rings is 1. The van der Waals surface area contributed by atoms with E-state index >= 15 is 0 Å². The van der Waals surface area contributed by atoms with E-state index in [0.717, 1.165) is 6.07 Å². The standard InChI is InChI=1S/C9H6F6O2S/c10-8(11,12)7(17,9(13,14)15)4-5(16)6-2-1-3-18-6/h1-3,17H,4H2. The molecule has 0 saturated carbocycles. The Morgan fingerprint density at radius 1 is 1.17 bits per heavy atom. The second-order valence-corrected chi connectivity index (χ2v) is 4.38. The molecular formula is C9H6F6O2S. The summed E-state index contributed by atoms with van der Waals surface area (Å²) >= 11 is 0.698. The molecule has 0 bridgehead atoms. The zero-order valence-electron chi connectivity index (χ0n) is 8.47. The number of halogens is 6. The maximum atomic E-state index is 12.3. The molecule has 0 atom stereocenters. The van der Waals surface area contributed by atoms with Gasteiger partial charge in [0.05, 0.1) is 11.3 Å². The van der Waals surface area contributed by atoms with E-state index < -0.39 is 30.2 Å². The van der Waals surface area contributed by atoms with Gasteiger partial charge in [-0.25, -0.2) is 0 Å². The number of alkyl halides is 6. The van der Waals surface area contributed by atoms with E-state index in [0.29, 0.717) is 11.3 Å². The van der Waals surface area contributed by atoms with E-state index in [9.17, 15) is 31.1 Å². The summed E-state index contributed by atoms with van der Waals surface area (Å²) in [5.74, 6) is -1.41.